The van der Waals surface area contributed by atoms with Gasteiger partial charge in [0.25, 0.3) is 0 Å². The highest BCUT2D eigenvalue weighted by Crippen LogP contribution is 2.26. The number of aryl methyl sites for hydroxylation is 1. The quantitative estimate of drug-likeness (QED) is 0.896. The lowest BCUT2D eigenvalue weighted by Gasteiger charge is -2.10. The van der Waals surface area contributed by atoms with Gasteiger partial charge in [0, 0.05) is 12.7 Å². The maximum Gasteiger partial charge on any atom is 0.0642 e. The van der Waals surface area contributed by atoms with Crippen molar-refractivity contribution in [2.75, 3.05) is 5.32 Å². The molecular formula is C13H12Cl2N2. The van der Waals surface area contributed by atoms with Crippen LogP contribution >= 0.6 is 23.2 Å². The lowest BCUT2D eigenvalue weighted by molar-refractivity contribution is 1.12. The van der Waals surface area contributed by atoms with Crippen LogP contribution in [0.15, 0.2) is 36.7 Å². The maximum atomic E-state index is 6.11. The van der Waals surface area contributed by atoms with Gasteiger partial charge in [0.15, 0.2) is 0 Å². The molecule has 0 aliphatic rings. The third-order valence-corrected chi connectivity index (χ3v) is 3.40. The molecule has 17 heavy (non-hydrogen) atoms. The summed E-state index contributed by atoms with van der Waals surface area (Å²) in [7, 11) is 0. The van der Waals surface area contributed by atoms with E-state index in [1.165, 1.54) is 0 Å². The number of rotatable bonds is 3. The van der Waals surface area contributed by atoms with Crippen molar-refractivity contribution < 1.29 is 0 Å². The van der Waals surface area contributed by atoms with Crippen molar-refractivity contribution >= 4 is 28.9 Å². The van der Waals surface area contributed by atoms with Crippen LogP contribution < -0.4 is 5.32 Å². The van der Waals surface area contributed by atoms with E-state index in [1.807, 2.05) is 25.1 Å². The summed E-state index contributed by atoms with van der Waals surface area (Å²) in [5.41, 5.74) is 3.13. The lowest BCUT2D eigenvalue weighted by atomic mass is 10.2. The van der Waals surface area contributed by atoms with Gasteiger partial charge in [-0.1, -0.05) is 35.3 Å². The molecule has 0 fully saturated rings. The average Bonchev–Trinajstić information content (AvgIpc) is 2.33. The van der Waals surface area contributed by atoms with Crippen molar-refractivity contribution in [1.82, 2.24) is 4.98 Å². The van der Waals surface area contributed by atoms with Crippen molar-refractivity contribution in [3.63, 3.8) is 0 Å². The molecule has 2 aromatic rings. The number of benzene rings is 1. The zero-order valence-electron chi connectivity index (χ0n) is 9.37. The minimum Gasteiger partial charge on any atom is -0.379 e. The minimum atomic E-state index is 0.578. The molecule has 1 aromatic carbocycles. The third-order valence-electron chi connectivity index (χ3n) is 2.54. The van der Waals surface area contributed by atoms with Crippen molar-refractivity contribution in [3.8, 4) is 0 Å². The standard InChI is InChI=1S/C13H12Cl2N2/c1-9-5-6-16-8-12(9)17-7-10-3-2-4-11(14)13(10)15/h2-6,8,17H,7H2,1H3. The van der Waals surface area contributed by atoms with Crippen LogP contribution in [0.1, 0.15) is 11.1 Å². The first-order valence-electron chi connectivity index (χ1n) is 5.26. The van der Waals surface area contributed by atoms with Gasteiger partial charge in [0.1, 0.15) is 0 Å². The molecule has 1 N–H and O–H groups in total. The molecule has 0 bridgehead atoms. The lowest BCUT2D eigenvalue weighted by Crippen LogP contribution is -2.02. The Morgan fingerprint density at radius 3 is 2.82 bits per heavy atom. The number of hydrogen-bond acceptors (Lipinski definition) is 2. The molecule has 0 atom stereocenters. The van der Waals surface area contributed by atoms with E-state index in [2.05, 4.69) is 10.3 Å². The smallest absolute Gasteiger partial charge is 0.0642 e. The first-order valence-corrected chi connectivity index (χ1v) is 6.01. The molecule has 0 aliphatic carbocycles. The number of hydrogen-bond donors (Lipinski definition) is 1. The van der Waals surface area contributed by atoms with Gasteiger partial charge in [-0.15, -0.1) is 0 Å². The normalized spacial score (nSPS) is 10.3. The summed E-state index contributed by atoms with van der Waals surface area (Å²) in [5.74, 6) is 0. The highest BCUT2D eigenvalue weighted by molar-refractivity contribution is 6.42. The Morgan fingerprint density at radius 2 is 2.06 bits per heavy atom. The Bertz CT molecular complexity index is 527. The van der Waals surface area contributed by atoms with Crippen LogP contribution in [0, 0.1) is 6.92 Å². The molecule has 2 nitrogen and oxygen atoms in total. The number of pyridine rings is 1. The third kappa shape index (κ3) is 2.90. The number of aromatic nitrogens is 1. The van der Waals surface area contributed by atoms with Crippen molar-refractivity contribution in [3.05, 3.63) is 57.8 Å². The van der Waals surface area contributed by atoms with Gasteiger partial charge in [0.2, 0.25) is 0 Å². The molecule has 1 aromatic heterocycles. The molecule has 0 radical (unpaired) electrons. The van der Waals surface area contributed by atoms with Gasteiger partial charge in [-0.2, -0.15) is 0 Å². The van der Waals surface area contributed by atoms with E-state index in [9.17, 15) is 0 Å². The first-order chi connectivity index (χ1) is 8.18. The van der Waals surface area contributed by atoms with Crippen molar-refractivity contribution in [1.29, 1.82) is 0 Å². The van der Waals surface area contributed by atoms with Crippen molar-refractivity contribution in [2.45, 2.75) is 13.5 Å². The number of halogens is 2. The van der Waals surface area contributed by atoms with Crippen LogP contribution in [0.5, 0.6) is 0 Å². The van der Waals surface area contributed by atoms with E-state index in [-0.39, 0.29) is 0 Å². The predicted molar refractivity (Wildman–Crippen MR) is 72.8 cm³/mol. The van der Waals surface area contributed by atoms with E-state index >= 15 is 0 Å². The second-order valence-corrected chi connectivity index (χ2v) is 4.54. The van der Waals surface area contributed by atoms with Crippen molar-refractivity contribution in [2.24, 2.45) is 0 Å². The largest absolute Gasteiger partial charge is 0.379 e. The highest BCUT2D eigenvalue weighted by Gasteiger charge is 2.04. The fourth-order valence-electron chi connectivity index (χ4n) is 1.52. The van der Waals surface area contributed by atoms with Crippen LogP contribution in [-0.4, -0.2) is 4.98 Å². The van der Waals surface area contributed by atoms with E-state index in [4.69, 9.17) is 23.2 Å². The molecule has 4 heteroatoms. The van der Waals surface area contributed by atoms with Gasteiger partial charge in [-0.3, -0.25) is 4.98 Å². The SMILES string of the molecule is Cc1ccncc1NCc1cccc(Cl)c1Cl. The summed E-state index contributed by atoms with van der Waals surface area (Å²) < 4.78 is 0. The van der Waals surface area contributed by atoms with Crippen LogP contribution in [0.2, 0.25) is 10.0 Å². The van der Waals surface area contributed by atoms with Gasteiger partial charge in [-0.05, 0) is 30.2 Å². The van der Waals surface area contributed by atoms with Crippen LogP contribution in [0.3, 0.4) is 0 Å². The molecule has 0 unspecified atom stereocenters. The number of nitrogens with zero attached hydrogens (tertiary/aromatic N) is 1. The molecule has 0 saturated carbocycles. The van der Waals surface area contributed by atoms with Crippen LogP contribution in [0.25, 0.3) is 0 Å². The Hall–Kier alpha value is -1.25. The van der Waals surface area contributed by atoms with E-state index < -0.39 is 0 Å². The summed E-state index contributed by atoms with van der Waals surface area (Å²) in [4.78, 5) is 4.08. The molecule has 0 aliphatic heterocycles. The Balaban J connectivity index is 2.13. The Labute approximate surface area is 111 Å². The molecule has 0 saturated heterocycles. The molecule has 1 heterocycles. The fourth-order valence-corrected chi connectivity index (χ4v) is 1.91. The summed E-state index contributed by atoms with van der Waals surface area (Å²) >= 11 is 12.1. The van der Waals surface area contributed by atoms with Gasteiger partial charge >= 0.3 is 0 Å². The molecule has 0 spiro atoms. The maximum absolute atomic E-state index is 6.11. The second-order valence-electron chi connectivity index (χ2n) is 3.76. The Morgan fingerprint density at radius 1 is 1.24 bits per heavy atom. The average molecular weight is 267 g/mol. The van der Waals surface area contributed by atoms with E-state index in [0.717, 1.165) is 16.8 Å². The number of anilines is 1. The van der Waals surface area contributed by atoms with Gasteiger partial charge < -0.3 is 5.32 Å². The highest BCUT2D eigenvalue weighted by atomic mass is 35.5. The second kappa shape index (κ2) is 5.39. The zero-order chi connectivity index (χ0) is 12.3. The summed E-state index contributed by atoms with van der Waals surface area (Å²) in [6.45, 7) is 2.66. The molecule has 88 valence electrons. The predicted octanol–water partition coefficient (Wildman–Crippen LogP) is 4.31. The topological polar surface area (TPSA) is 24.9 Å². The minimum absolute atomic E-state index is 0.578. The fraction of sp³-hybridized carbons (Fsp3) is 0.154. The molecule has 2 rings (SSSR count). The van der Waals surface area contributed by atoms with Crippen LogP contribution in [0.4, 0.5) is 5.69 Å². The van der Waals surface area contributed by atoms with Crippen LogP contribution in [-0.2, 0) is 6.54 Å². The van der Waals surface area contributed by atoms with E-state index in [1.54, 1.807) is 18.5 Å². The number of nitrogens with one attached hydrogen (secondary N) is 1. The first kappa shape index (κ1) is 12.2. The van der Waals surface area contributed by atoms with Gasteiger partial charge in [-0.25, -0.2) is 0 Å². The summed E-state index contributed by atoms with van der Waals surface area (Å²) in [6, 6.07) is 7.58. The van der Waals surface area contributed by atoms with Gasteiger partial charge in [0.05, 0.1) is 21.9 Å². The molecular weight excluding hydrogens is 255 g/mol. The summed E-state index contributed by atoms with van der Waals surface area (Å²) in [6.07, 6.45) is 3.57. The summed E-state index contributed by atoms with van der Waals surface area (Å²) in [5, 5.41) is 4.47. The molecule has 0 amide bonds. The zero-order valence-corrected chi connectivity index (χ0v) is 10.9. The Kier molecular flexibility index (Phi) is 3.87. The van der Waals surface area contributed by atoms with E-state index in [0.29, 0.717) is 16.6 Å². The monoisotopic (exact) mass is 266 g/mol.